The van der Waals surface area contributed by atoms with Crippen LogP contribution in [0.4, 0.5) is 16.2 Å². The van der Waals surface area contributed by atoms with Crippen molar-refractivity contribution in [2.45, 2.75) is 37.8 Å². The number of aromatic nitrogens is 2. The lowest BCUT2D eigenvalue weighted by molar-refractivity contribution is -0.0730. The highest BCUT2D eigenvalue weighted by atomic mass is 19.1. The van der Waals surface area contributed by atoms with E-state index in [0.717, 1.165) is 13.0 Å². The summed E-state index contributed by atoms with van der Waals surface area (Å²) in [6, 6.07) is 0.0758. The fraction of sp³-hybridized carbons (Fsp3) is 0.778. The molecule has 2 aliphatic heterocycles. The lowest BCUT2D eigenvalue weighted by Crippen LogP contribution is -2.45. The van der Waals surface area contributed by atoms with Crippen molar-refractivity contribution >= 4 is 11.8 Å². The number of nitrogens with zero attached hydrogens (tertiary/aromatic N) is 3. The Morgan fingerprint density at radius 1 is 1.19 bits per heavy atom. The van der Waals surface area contributed by atoms with Gasteiger partial charge in [0, 0.05) is 26.3 Å². The standard InChI is InChI=1S/C18H27FN4O3/c19-14-10-20-18(22-17(14)23-5-8-24-9-6-23)21-15-4-7-25-12-16(15)26-11-13-2-1-3-13/h10,13,15-16H,1-9,11-12H2,(H,20,21,22)/t15-,16-/m1/s1. The first-order chi connectivity index (χ1) is 12.8. The molecule has 0 aromatic carbocycles. The van der Waals surface area contributed by atoms with Gasteiger partial charge in [0.25, 0.3) is 0 Å². The summed E-state index contributed by atoms with van der Waals surface area (Å²) in [4.78, 5) is 10.5. The van der Waals surface area contributed by atoms with E-state index in [2.05, 4.69) is 15.3 Å². The number of ether oxygens (including phenoxy) is 3. The number of hydrogen-bond acceptors (Lipinski definition) is 7. The second kappa shape index (κ2) is 8.45. The molecule has 2 saturated heterocycles. The van der Waals surface area contributed by atoms with Gasteiger partial charge in [-0.25, -0.2) is 9.37 Å². The van der Waals surface area contributed by atoms with Gasteiger partial charge in [0.15, 0.2) is 11.6 Å². The number of rotatable bonds is 6. The summed E-state index contributed by atoms with van der Waals surface area (Å²) >= 11 is 0. The van der Waals surface area contributed by atoms with E-state index in [9.17, 15) is 4.39 Å². The molecule has 1 aromatic heterocycles. The quantitative estimate of drug-likeness (QED) is 0.824. The normalized spacial score (nSPS) is 27.2. The van der Waals surface area contributed by atoms with Crippen LogP contribution in [0.2, 0.25) is 0 Å². The highest BCUT2D eigenvalue weighted by Gasteiger charge is 2.29. The Balaban J connectivity index is 1.40. The van der Waals surface area contributed by atoms with Crippen LogP contribution in [0.25, 0.3) is 0 Å². The van der Waals surface area contributed by atoms with Crippen molar-refractivity contribution in [1.82, 2.24) is 9.97 Å². The highest BCUT2D eigenvalue weighted by molar-refractivity contribution is 5.44. The van der Waals surface area contributed by atoms with Crippen LogP contribution in [-0.4, -0.2) is 68.2 Å². The summed E-state index contributed by atoms with van der Waals surface area (Å²) in [6.45, 7) is 4.48. The molecule has 1 saturated carbocycles. The minimum absolute atomic E-state index is 0.0233. The van der Waals surface area contributed by atoms with Crippen molar-refractivity contribution in [2.75, 3.05) is 56.3 Å². The zero-order chi connectivity index (χ0) is 17.8. The van der Waals surface area contributed by atoms with Gasteiger partial charge in [-0.3, -0.25) is 0 Å². The Hall–Kier alpha value is -1.51. The zero-order valence-electron chi connectivity index (χ0n) is 15.0. The summed E-state index contributed by atoms with van der Waals surface area (Å²) in [7, 11) is 0. The van der Waals surface area contributed by atoms with E-state index in [1.807, 2.05) is 4.90 Å². The van der Waals surface area contributed by atoms with Crippen LogP contribution in [0.3, 0.4) is 0 Å². The van der Waals surface area contributed by atoms with E-state index in [-0.39, 0.29) is 12.1 Å². The second-order valence-corrected chi connectivity index (χ2v) is 7.25. The Morgan fingerprint density at radius 3 is 2.81 bits per heavy atom. The average Bonchev–Trinajstić information content (AvgIpc) is 2.64. The van der Waals surface area contributed by atoms with Crippen LogP contribution in [0, 0.1) is 11.7 Å². The van der Waals surface area contributed by atoms with Gasteiger partial charge in [-0.05, 0) is 25.2 Å². The molecule has 0 spiro atoms. The van der Waals surface area contributed by atoms with Crippen LogP contribution in [-0.2, 0) is 14.2 Å². The Kier molecular flexibility index (Phi) is 5.81. The minimum atomic E-state index is -0.401. The second-order valence-electron chi connectivity index (χ2n) is 7.25. The maximum Gasteiger partial charge on any atom is 0.225 e. The molecule has 144 valence electrons. The monoisotopic (exact) mass is 366 g/mol. The fourth-order valence-electron chi connectivity index (χ4n) is 3.55. The van der Waals surface area contributed by atoms with E-state index >= 15 is 0 Å². The van der Waals surface area contributed by atoms with Gasteiger partial charge in [-0.2, -0.15) is 4.98 Å². The molecule has 0 radical (unpaired) electrons. The van der Waals surface area contributed by atoms with Crippen LogP contribution < -0.4 is 10.2 Å². The third-order valence-corrected chi connectivity index (χ3v) is 5.43. The van der Waals surface area contributed by atoms with Crippen LogP contribution >= 0.6 is 0 Å². The molecule has 3 heterocycles. The molecule has 8 heteroatoms. The summed E-state index contributed by atoms with van der Waals surface area (Å²) in [5, 5.41) is 3.35. The van der Waals surface area contributed by atoms with E-state index in [4.69, 9.17) is 14.2 Å². The maximum absolute atomic E-state index is 14.2. The van der Waals surface area contributed by atoms with Crippen molar-refractivity contribution in [1.29, 1.82) is 0 Å². The van der Waals surface area contributed by atoms with Gasteiger partial charge in [0.2, 0.25) is 5.95 Å². The maximum atomic E-state index is 14.2. The first-order valence-corrected chi connectivity index (χ1v) is 9.61. The average molecular weight is 366 g/mol. The van der Waals surface area contributed by atoms with Crippen LogP contribution in [0.1, 0.15) is 25.7 Å². The molecule has 1 aromatic rings. The number of halogens is 1. The molecule has 26 heavy (non-hydrogen) atoms. The van der Waals surface area contributed by atoms with Crippen molar-refractivity contribution in [2.24, 2.45) is 5.92 Å². The number of nitrogens with one attached hydrogen (secondary N) is 1. The molecule has 3 fully saturated rings. The Labute approximate surface area is 153 Å². The predicted octanol–water partition coefficient (Wildman–Crippen LogP) is 1.84. The molecular weight excluding hydrogens is 339 g/mol. The van der Waals surface area contributed by atoms with Gasteiger partial charge in [0.1, 0.15) is 6.10 Å². The minimum Gasteiger partial charge on any atom is -0.379 e. The molecule has 1 N–H and O–H groups in total. The smallest absolute Gasteiger partial charge is 0.225 e. The zero-order valence-corrected chi connectivity index (χ0v) is 15.0. The van der Waals surface area contributed by atoms with Crippen molar-refractivity contribution < 1.29 is 18.6 Å². The molecule has 0 bridgehead atoms. The van der Waals surface area contributed by atoms with Crippen LogP contribution in [0.15, 0.2) is 6.20 Å². The largest absolute Gasteiger partial charge is 0.379 e. The lowest BCUT2D eigenvalue weighted by Gasteiger charge is -2.35. The molecule has 2 atom stereocenters. The third kappa shape index (κ3) is 4.24. The van der Waals surface area contributed by atoms with Crippen molar-refractivity contribution in [3.8, 4) is 0 Å². The number of anilines is 2. The van der Waals surface area contributed by atoms with E-state index < -0.39 is 5.82 Å². The Bertz CT molecular complexity index is 596. The summed E-state index contributed by atoms with van der Waals surface area (Å²) in [6.07, 6.45) is 5.87. The fourth-order valence-corrected chi connectivity index (χ4v) is 3.55. The van der Waals surface area contributed by atoms with Crippen molar-refractivity contribution in [3.63, 3.8) is 0 Å². The predicted molar refractivity (Wildman–Crippen MR) is 94.9 cm³/mol. The topological polar surface area (TPSA) is 68.7 Å². The molecule has 0 unspecified atom stereocenters. The first-order valence-electron chi connectivity index (χ1n) is 9.61. The summed E-state index contributed by atoms with van der Waals surface area (Å²) in [5.41, 5.74) is 0. The van der Waals surface area contributed by atoms with Gasteiger partial charge in [-0.15, -0.1) is 0 Å². The van der Waals surface area contributed by atoms with E-state index in [1.54, 1.807) is 0 Å². The van der Waals surface area contributed by atoms with Gasteiger partial charge >= 0.3 is 0 Å². The molecule has 3 aliphatic rings. The van der Waals surface area contributed by atoms with Crippen LogP contribution in [0.5, 0.6) is 0 Å². The van der Waals surface area contributed by atoms with Gasteiger partial charge in [0.05, 0.1) is 32.1 Å². The van der Waals surface area contributed by atoms with Crippen molar-refractivity contribution in [3.05, 3.63) is 12.0 Å². The summed E-state index contributed by atoms with van der Waals surface area (Å²) < 4.78 is 31.2. The first kappa shape index (κ1) is 17.9. The summed E-state index contributed by atoms with van der Waals surface area (Å²) in [5.74, 6) is 1.07. The molecular formula is C18H27FN4O3. The van der Waals surface area contributed by atoms with E-state index in [1.165, 1.54) is 25.5 Å². The molecule has 1 aliphatic carbocycles. The lowest BCUT2D eigenvalue weighted by atomic mass is 9.86. The molecule has 0 amide bonds. The molecule has 4 rings (SSSR count). The van der Waals surface area contributed by atoms with E-state index in [0.29, 0.717) is 57.2 Å². The highest BCUT2D eigenvalue weighted by Crippen LogP contribution is 2.28. The SMILES string of the molecule is Fc1cnc(N[C@@H]2CCOC[C@H]2OCC2CCC2)nc1N1CCOCC1. The Morgan fingerprint density at radius 2 is 2.04 bits per heavy atom. The third-order valence-electron chi connectivity index (χ3n) is 5.43. The number of morpholine rings is 1. The number of hydrogen-bond donors (Lipinski definition) is 1. The molecule has 7 nitrogen and oxygen atoms in total. The van der Waals surface area contributed by atoms with Gasteiger partial charge in [-0.1, -0.05) is 6.42 Å². The van der Waals surface area contributed by atoms with Gasteiger partial charge < -0.3 is 24.4 Å².